The number of hydrogen-bond donors (Lipinski definition) is 0. The van der Waals surface area contributed by atoms with E-state index in [1.54, 1.807) is 24.0 Å². The minimum absolute atomic E-state index is 0.131. The number of nitrogens with zero attached hydrogens (tertiary/aromatic N) is 2. The first-order chi connectivity index (χ1) is 15.5. The first kappa shape index (κ1) is 22.4. The average molecular weight is 469 g/mol. The fraction of sp³-hybridized carbons (Fsp3) is 0.292. The number of anilines is 1. The third-order valence-corrected chi connectivity index (χ3v) is 6.97. The van der Waals surface area contributed by atoms with Crippen molar-refractivity contribution in [3.05, 3.63) is 58.5 Å². The second-order valence-electron chi connectivity index (χ2n) is 7.44. The molecule has 0 saturated carbocycles. The Morgan fingerprint density at radius 1 is 0.938 bits per heavy atom. The molecule has 0 radical (unpaired) electrons. The quantitative estimate of drug-likeness (QED) is 0.447. The number of carbonyl (C=O) groups is 2. The van der Waals surface area contributed by atoms with E-state index in [1.807, 2.05) is 49.4 Å². The molecule has 2 aliphatic heterocycles. The van der Waals surface area contributed by atoms with E-state index < -0.39 is 0 Å². The van der Waals surface area contributed by atoms with Gasteiger partial charge < -0.3 is 14.4 Å². The van der Waals surface area contributed by atoms with E-state index in [-0.39, 0.29) is 11.8 Å². The molecule has 4 rings (SSSR count). The molecule has 0 bridgehead atoms. The molecule has 0 spiro atoms. The Balaban J connectivity index is 1.59. The Morgan fingerprint density at radius 3 is 2.41 bits per heavy atom. The maximum Gasteiger partial charge on any atom is 0.267 e. The minimum Gasteiger partial charge on any atom is -0.493 e. The number of para-hydroxylation sites is 1. The molecule has 6 nitrogen and oxygen atoms in total. The van der Waals surface area contributed by atoms with Gasteiger partial charge in [-0.3, -0.25) is 14.5 Å². The van der Waals surface area contributed by atoms with Gasteiger partial charge in [0, 0.05) is 18.7 Å². The molecule has 0 aromatic heterocycles. The molecule has 0 aliphatic carbocycles. The van der Waals surface area contributed by atoms with E-state index in [9.17, 15) is 9.59 Å². The molecule has 2 aromatic carbocycles. The van der Waals surface area contributed by atoms with Gasteiger partial charge in [0.1, 0.15) is 4.32 Å². The average Bonchev–Trinajstić information content (AvgIpc) is 3.24. The molecular formula is C24H24N2O4S2. The van der Waals surface area contributed by atoms with Crippen LogP contribution in [0, 0.1) is 0 Å². The molecule has 8 heteroatoms. The molecule has 0 atom stereocenters. The van der Waals surface area contributed by atoms with Crippen molar-refractivity contribution >= 4 is 51.4 Å². The van der Waals surface area contributed by atoms with E-state index in [0.29, 0.717) is 45.8 Å². The van der Waals surface area contributed by atoms with Gasteiger partial charge in [0.05, 0.1) is 30.4 Å². The summed E-state index contributed by atoms with van der Waals surface area (Å²) >= 11 is 6.73. The largest absolute Gasteiger partial charge is 0.493 e. The number of thioether (sulfide) groups is 1. The predicted molar refractivity (Wildman–Crippen MR) is 131 cm³/mol. The van der Waals surface area contributed by atoms with Gasteiger partial charge in [0.15, 0.2) is 11.5 Å². The van der Waals surface area contributed by atoms with Crippen LogP contribution in [-0.4, -0.2) is 48.3 Å². The molecule has 1 saturated heterocycles. The monoisotopic (exact) mass is 468 g/mol. The maximum atomic E-state index is 13.3. The molecule has 2 aromatic rings. The van der Waals surface area contributed by atoms with Crippen LogP contribution in [0.2, 0.25) is 0 Å². The van der Waals surface area contributed by atoms with Gasteiger partial charge in [0.2, 0.25) is 0 Å². The van der Waals surface area contributed by atoms with E-state index in [1.165, 1.54) is 11.8 Å². The van der Waals surface area contributed by atoms with Crippen LogP contribution < -0.4 is 14.4 Å². The number of methoxy groups -OCH3 is 2. The smallest absolute Gasteiger partial charge is 0.267 e. The summed E-state index contributed by atoms with van der Waals surface area (Å²) < 4.78 is 11.1. The van der Waals surface area contributed by atoms with Crippen LogP contribution in [0.5, 0.6) is 11.5 Å². The fourth-order valence-electron chi connectivity index (χ4n) is 3.96. The van der Waals surface area contributed by atoms with Crippen LogP contribution in [0.15, 0.2) is 47.4 Å². The molecule has 0 N–H and O–H groups in total. The Bertz CT molecular complexity index is 1130. The fourth-order valence-corrected chi connectivity index (χ4v) is 5.34. The second kappa shape index (κ2) is 9.34. The molecule has 32 heavy (non-hydrogen) atoms. The van der Waals surface area contributed by atoms with E-state index >= 15 is 0 Å². The molecule has 0 unspecified atom stereocenters. The maximum absolute atomic E-state index is 13.3. The first-order valence-electron chi connectivity index (χ1n) is 10.4. The Hall–Kier alpha value is -2.84. The van der Waals surface area contributed by atoms with Crippen molar-refractivity contribution in [2.75, 3.05) is 32.2 Å². The van der Waals surface area contributed by atoms with E-state index in [4.69, 9.17) is 21.7 Å². The number of benzene rings is 2. The zero-order chi connectivity index (χ0) is 22.8. The lowest BCUT2D eigenvalue weighted by molar-refractivity contribution is -0.122. The minimum atomic E-state index is -0.211. The number of rotatable bonds is 7. The molecule has 2 heterocycles. The second-order valence-corrected chi connectivity index (χ2v) is 9.09. The van der Waals surface area contributed by atoms with Gasteiger partial charge in [-0.25, -0.2) is 0 Å². The highest BCUT2D eigenvalue weighted by Gasteiger charge is 2.41. The lowest BCUT2D eigenvalue weighted by Gasteiger charge is -2.16. The van der Waals surface area contributed by atoms with Crippen LogP contribution in [0.25, 0.3) is 5.57 Å². The van der Waals surface area contributed by atoms with Gasteiger partial charge in [-0.2, -0.15) is 0 Å². The number of ether oxygens (including phenoxy) is 2. The lowest BCUT2D eigenvalue weighted by Crippen LogP contribution is -2.31. The molecule has 166 valence electrons. The predicted octanol–water partition coefficient (Wildman–Crippen LogP) is 4.27. The van der Waals surface area contributed by atoms with Crippen molar-refractivity contribution in [3.63, 3.8) is 0 Å². The zero-order valence-corrected chi connectivity index (χ0v) is 19.8. The third kappa shape index (κ3) is 3.89. The Kier molecular flexibility index (Phi) is 6.53. The van der Waals surface area contributed by atoms with Crippen molar-refractivity contribution in [2.24, 2.45) is 0 Å². The zero-order valence-electron chi connectivity index (χ0n) is 18.2. The van der Waals surface area contributed by atoms with Crippen LogP contribution in [0.1, 0.15) is 24.5 Å². The summed E-state index contributed by atoms with van der Waals surface area (Å²) in [4.78, 5) is 30.3. The van der Waals surface area contributed by atoms with Crippen LogP contribution in [0.4, 0.5) is 5.69 Å². The lowest BCUT2D eigenvalue weighted by atomic mass is 10.1. The van der Waals surface area contributed by atoms with Crippen molar-refractivity contribution in [2.45, 2.75) is 19.8 Å². The topological polar surface area (TPSA) is 59.1 Å². The summed E-state index contributed by atoms with van der Waals surface area (Å²) in [5.41, 5.74) is 3.11. The van der Waals surface area contributed by atoms with Gasteiger partial charge in [-0.15, -0.1) is 0 Å². The summed E-state index contributed by atoms with van der Waals surface area (Å²) in [6.07, 6.45) is 1.43. The van der Waals surface area contributed by atoms with E-state index in [0.717, 1.165) is 23.2 Å². The van der Waals surface area contributed by atoms with Gasteiger partial charge in [-0.1, -0.05) is 55.2 Å². The molecule has 2 amide bonds. The van der Waals surface area contributed by atoms with Gasteiger partial charge in [-0.05, 0) is 36.6 Å². The van der Waals surface area contributed by atoms with Crippen LogP contribution in [0.3, 0.4) is 0 Å². The number of fused-ring (bicyclic) bond motifs is 1. The van der Waals surface area contributed by atoms with Crippen LogP contribution >= 0.6 is 24.0 Å². The van der Waals surface area contributed by atoms with Crippen molar-refractivity contribution in [1.29, 1.82) is 0 Å². The summed E-state index contributed by atoms with van der Waals surface area (Å²) in [6.45, 7) is 3.06. The summed E-state index contributed by atoms with van der Waals surface area (Å²) in [7, 11) is 3.18. The summed E-state index contributed by atoms with van der Waals surface area (Å²) in [5, 5.41) is 0. The Labute approximate surface area is 197 Å². The van der Waals surface area contributed by atoms with Crippen molar-refractivity contribution in [1.82, 2.24) is 4.90 Å². The first-order valence-corrected chi connectivity index (χ1v) is 11.6. The highest BCUT2D eigenvalue weighted by molar-refractivity contribution is 8.26. The third-order valence-electron chi connectivity index (χ3n) is 5.52. The number of carbonyl (C=O) groups excluding carboxylic acids is 2. The number of thiocarbonyl (C=S) groups is 1. The summed E-state index contributed by atoms with van der Waals surface area (Å²) in [6, 6.07) is 13.3. The highest BCUT2D eigenvalue weighted by atomic mass is 32.2. The SMILES string of the molecule is CCCN1C(=O)C(=C2SC(=S)N(CCc3ccc(OC)c(OC)c3)C2=O)c2ccccc21. The molecule has 1 fully saturated rings. The molecule has 2 aliphatic rings. The van der Waals surface area contributed by atoms with Gasteiger partial charge in [0.25, 0.3) is 11.8 Å². The Morgan fingerprint density at radius 2 is 1.69 bits per heavy atom. The molecular weight excluding hydrogens is 444 g/mol. The number of hydrogen-bond acceptors (Lipinski definition) is 6. The van der Waals surface area contributed by atoms with Gasteiger partial charge >= 0.3 is 0 Å². The van der Waals surface area contributed by atoms with Crippen LogP contribution in [-0.2, 0) is 16.0 Å². The standard InChI is InChI=1S/C24H24N2O4S2/c1-4-12-25-17-8-6-5-7-16(17)20(22(25)27)21-23(28)26(24(31)32-21)13-11-15-9-10-18(29-2)19(14-15)30-3/h5-10,14H,4,11-13H2,1-3H3. The summed E-state index contributed by atoms with van der Waals surface area (Å²) in [5.74, 6) is 0.953. The highest BCUT2D eigenvalue weighted by Crippen LogP contribution is 2.44. The normalized spacial score (nSPS) is 17.9. The van der Waals surface area contributed by atoms with Crippen molar-refractivity contribution < 1.29 is 19.1 Å². The number of amides is 2. The van der Waals surface area contributed by atoms with E-state index in [2.05, 4.69) is 0 Å². The van der Waals surface area contributed by atoms with Crippen molar-refractivity contribution in [3.8, 4) is 11.5 Å².